The van der Waals surface area contributed by atoms with Crippen LogP contribution in [0.2, 0.25) is 19.6 Å². The Kier molecular flexibility index (Phi) is 7.03. The molecule has 0 aliphatic carbocycles. The summed E-state index contributed by atoms with van der Waals surface area (Å²) in [4.78, 5) is 0. The molecule has 0 aromatic carbocycles. The lowest BCUT2D eigenvalue weighted by molar-refractivity contribution is -0.259. The van der Waals surface area contributed by atoms with Crippen LogP contribution in [0.5, 0.6) is 0 Å². The first-order valence-corrected chi connectivity index (χ1v) is 11.2. The molecule has 11 heteroatoms. The SMILES string of the molecule is CCOP(=O)(OCC)C(O[Si](C)(C)C)(C(F)F)C(F)(F)F. The van der Waals surface area contributed by atoms with E-state index in [9.17, 15) is 26.5 Å². The minimum atomic E-state index is -5.62. The van der Waals surface area contributed by atoms with Gasteiger partial charge in [-0.25, -0.2) is 8.78 Å². The van der Waals surface area contributed by atoms with Gasteiger partial charge in [0.2, 0.25) is 0 Å². The summed E-state index contributed by atoms with van der Waals surface area (Å²) in [6.07, 6.45) is -9.74. The van der Waals surface area contributed by atoms with E-state index < -0.39 is 47.1 Å². The molecule has 0 heterocycles. The van der Waals surface area contributed by atoms with Gasteiger partial charge in [-0.1, -0.05) is 0 Å². The normalized spacial score (nSPS) is 17.1. The van der Waals surface area contributed by atoms with Crippen LogP contribution in [0.4, 0.5) is 22.0 Å². The van der Waals surface area contributed by atoms with E-state index in [0.29, 0.717) is 0 Å². The lowest BCUT2D eigenvalue weighted by atomic mass is 10.3. The van der Waals surface area contributed by atoms with Crippen LogP contribution in [0.3, 0.4) is 0 Å². The van der Waals surface area contributed by atoms with Crippen molar-refractivity contribution in [3.63, 3.8) is 0 Å². The van der Waals surface area contributed by atoms with Crippen molar-refractivity contribution in [1.29, 1.82) is 0 Å². The average molecular weight is 358 g/mol. The average Bonchev–Trinajstić information content (AvgIpc) is 2.22. The van der Waals surface area contributed by atoms with Gasteiger partial charge >= 0.3 is 19.1 Å². The summed E-state index contributed by atoms with van der Waals surface area (Å²) in [7, 11) is -8.46. The smallest absolute Gasteiger partial charge is 0.391 e. The molecule has 0 spiro atoms. The third-order valence-electron chi connectivity index (χ3n) is 2.17. The lowest BCUT2D eigenvalue weighted by Gasteiger charge is -2.42. The van der Waals surface area contributed by atoms with Crippen LogP contribution in [-0.2, 0) is 18.0 Å². The maximum absolute atomic E-state index is 13.4. The first kappa shape index (κ1) is 21.0. The molecule has 0 N–H and O–H groups in total. The Balaban J connectivity index is 6.27. The molecule has 0 saturated carbocycles. The minimum absolute atomic E-state index is 0.489. The Labute approximate surface area is 121 Å². The first-order chi connectivity index (χ1) is 9.27. The Morgan fingerprint density at radius 1 is 1.05 bits per heavy atom. The monoisotopic (exact) mass is 358 g/mol. The highest BCUT2D eigenvalue weighted by atomic mass is 31.2. The van der Waals surface area contributed by atoms with Crippen molar-refractivity contribution in [3.05, 3.63) is 0 Å². The molecule has 0 aliphatic heterocycles. The van der Waals surface area contributed by atoms with E-state index in [-0.39, 0.29) is 0 Å². The Bertz CT molecular complexity index is 375. The molecule has 0 bridgehead atoms. The van der Waals surface area contributed by atoms with E-state index in [0.717, 1.165) is 0 Å². The summed E-state index contributed by atoms with van der Waals surface area (Å²) in [5, 5.41) is -4.28. The molecule has 0 radical (unpaired) electrons. The van der Waals surface area contributed by atoms with Crippen LogP contribution in [0.1, 0.15) is 13.8 Å². The Hall–Kier alpha value is -0.0231. The molecule has 0 rings (SSSR count). The van der Waals surface area contributed by atoms with E-state index >= 15 is 0 Å². The van der Waals surface area contributed by atoms with Gasteiger partial charge in [0.1, 0.15) is 0 Å². The third kappa shape index (κ3) is 4.48. The van der Waals surface area contributed by atoms with E-state index in [4.69, 9.17) is 0 Å². The molecule has 21 heavy (non-hydrogen) atoms. The van der Waals surface area contributed by atoms with E-state index in [1.54, 1.807) is 0 Å². The molecule has 0 amide bonds. The summed E-state index contributed by atoms with van der Waals surface area (Å²) in [6.45, 7) is 5.31. The molecule has 4 nitrogen and oxygen atoms in total. The highest BCUT2D eigenvalue weighted by Gasteiger charge is 2.76. The Morgan fingerprint density at radius 2 is 1.43 bits per heavy atom. The predicted molar refractivity (Wildman–Crippen MR) is 70.1 cm³/mol. The second-order valence-electron chi connectivity index (χ2n) is 5.04. The van der Waals surface area contributed by atoms with Gasteiger partial charge in [0.15, 0.2) is 8.32 Å². The van der Waals surface area contributed by atoms with Crippen molar-refractivity contribution < 1.29 is 40.0 Å². The molecular weight excluding hydrogens is 338 g/mol. The van der Waals surface area contributed by atoms with Crippen molar-refractivity contribution in [1.82, 2.24) is 0 Å². The number of alkyl halides is 5. The molecule has 1 unspecified atom stereocenters. The summed E-state index contributed by atoms with van der Waals surface area (Å²) < 4.78 is 93.0. The second-order valence-corrected chi connectivity index (χ2v) is 11.6. The van der Waals surface area contributed by atoms with Gasteiger partial charge in [-0.2, -0.15) is 13.2 Å². The maximum atomic E-state index is 13.4. The lowest BCUT2D eigenvalue weighted by Crippen LogP contribution is -2.58. The molecule has 0 aromatic rings. The van der Waals surface area contributed by atoms with Gasteiger partial charge in [-0.15, -0.1) is 0 Å². The van der Waals surface area contributed by atoms with Gasteiger partial charge in [-0.05, 0) is 33.5 Å². The van der Waals surface area contributed by atoms with Crippen molar-refractivity contribution in [2.75, 3.05) is 13.2 Å². The van der Waals surface area contributed by atoms with E-state index in [1.165, 1.54) is 33.5 Å². The summed E-state index contributed by atoms with van der Waals surface area (Å²) in [6, 6.07) is 0. The molecule has 0 saturated heterocycles. The third-order valence-corrected chi connectivity index (χ3v) is 5.82. The zero-order valence-corrected chi connectivity index (χ0v) is 14.4. The summed E-state index contributed by atoms with van der Waals surface area (Å²) in [5.74, 6) is 0. The fourth-order valence-electron chi connectivity index (χ4n) is 1.59. The maximum Gasteiger partial charge on any atom is 0.434 e. The molecular formula is C10H20F5O4PSi. The quantitative estimate of drug-likeness (QED) is 0.361. The van der Waals surface area contributed by atoms with Crippen molar-refractivity contribution in [3.8, 4) is 0 Å². The zero-order chi connectivity index (χ0) is 17.1. The number of hydrogen-bond acceptors (Lipinski definition) is 4. The van der Waals surface area contributed by atoms with Crippen LogP contribution < -0.4 is 0 Å². The molecule has 0 fully saturated rings. The topological polar surface area (TPSA) is 44.8 Å². The molecule has 128 valence electrons. The molecule has 1 atom stereocenters. The van der Waals surface area contributed by atoms with Gasteiger partial charge in [0, 0.05) is 0 Å². The molecule has 0 aromatic heterocycles. The first-order valence-electron chi connectivity index (χ1n) is 6.21. The largest absolute Gasteiger partial charge is 0.434 e. The van der Waals surface area contributed by atoms with E-state index in [2.05, 4.69) is 13.5 Å². The van der Waals surface area contributed by atoms with Crippen LogP contribution >= 0.6 is 7.60 Å². The van der Waals surface area contributed by atoms with Gasteiger partial charge in [-0.3, -0.25) is 4.57 Å². The number of rotatable bonds is 8. The predicted octanol–water partition coefficient (Wildman–Crippen LogP) is 4.63. The Morgan fingerprint density at radius 3 is 1.62 bits per heavy atom. The fraction of sp³-hybridized carbons (Fsp3) is 1.00. The zero-order valence-electron chi connectivity index (χ0n) is 12.5. The minimum Gasteiger partial charge on any atom is -0.391 e. The number of hydrogen-bond donors (Lipinski definition) is 0. The van der Waals surface area contributed by atoms with Crippen LogP contribution in [0, 0.1) is 0 Å². The van der Waals surface area contributed by atoms with Crippen molar-refractivity contribution in [2.45, 2.75) is 51.4 Å². The second kappa shape index (κ2) is 7.04. The van der Waals surface area contributed by atoms with Crippen LogP contribution in [0.15, 0.2) is 0 Å². The summed E-state index contributed by atoms with van der Waals surface area (Å²) in [5.41, 5.74) is 0. The van der Waals surface area contributed by atoms with Gasteiger partial charge in [0.25, 0.3) is 6.43 Å². The fourth-order valence-corrected chi connectivity index (χ4v) is 5.69. The number of halogens is 5. The van der Waals surface area contributed by atoms with Gasteiger partial charge < -0.3 is 13.5 Å². The van der Waals surface area contributed by atoms with E-state index in [1.807, 2.05) is 0 Å². The standard InChI is InChI=1S/C10H20F5O4PSi/c1-6-17-20(16,18-7-2)9(8(11)12,10(13,14)15)19-21(3,4)5/h8H,6-7H2,1-5H3. The van der Waals surface area contributed by atoms with Crippen LogP contribution in [0.25, 0.3) is 0 Å². The van der Waals surface area contributed by atoms with Crippen molar-refractivity contribution >= 4 is 15.9 Å². The van der Waals surface area contributed by atoms with Gasteiger partial charge in [0.05, 0.1) is 13.2 Å². The highest BCUT2D eigenvalue weighted by molar-refractivity contribution is 7.55. The molecule has 0 aliphatic rings. The highest BCUT2D eigenvalue weighted by Crippen LogP contribution is 2.68. The van der Waals surface area contributed by atoms with Crippen LogP contribution in [-0.4, -0.2) is 39.5 Å². The summed E-state index contributed by atoms with van der Waals surface area (Å²) >= 11 is 0. The van der Waals surface area contributed by atoms with Crippen molar-refractivity contribution in [2.24, 2.45) is 0 Å².